The lowest BCUT2D eigenvalue weighted by Crippen LogP contribution is -2.53. The van der Waals surface area contributed by atoms with E-state index in [1.165, 1.54) is 18.2 Å². The second-order valence-corrected chi connectivity index (χ2v) is 8.96. The summed E-state index contributed by atoms with van der Waals surface area (Å²) in [5.41, 5.74) is 0.818. The number of carbonyl (C=O) groups is 3. The molecule has 4 rings (SSSR count). The molecule has 11 heteroatoms. The first-order valence-corrected chi connectivity index (χ1v) is 12.2. The van der Waals surface area contributed by atoms with Gasteiger partial charge in [-0.2, -0.15) is 0 Å². The fraction of sp³-hybridized carbons (Fsp3) is 0.500. The van der Waals surface area contributed by atoms with E-state index < -0.39 is 6.03 Å². The molecule has 0 bridgehead atoms. The molecule has 33 heavy (non-hydrogen) atoms. The number of nitrogens with one attached hydrogen (secondary N) is 2. The molecule has 3 heterocycles. The quantitative estimate of drug-likeness (QED) is 0.564. The number of thioether (sulfide) groups is 1. The molecule has 0 saturated carbocycles. The zero-order valence-electron chi connectivity index (χ0n) is 18.6. The second-order valence-electron chi connectivity index (χ2n) is 8.02. The number of amides is 4. The van der Waals surface area contributed by atoms with E-state index >= 15 is 0 Å². The summed E-state index contributed by atoms with van der Waals surface area (Å²) >= 11 is 1.34. The lowest BCUT2D eigenvalue weighted by Gasteiger charge is -2.26. The number of imide groups is 1. The van der Waals surface area contributed by atoms with Crippen molar-refractivity contribution in [2.75, 3.05) is 25.4 Å². The molecule has 1 aromatic carbocycles. The van der Waals surface area contributed by atoms with Gasteiger partial charge in [0.2, 0.25) is 11.8 Å². The van der Waals surface area contributed by atoms with Gasteiger partial charge in [0.05, 0.1) is 12.4 Å². The molecule has 1 atom stereocenters. The summed E-state index contributed by atoms with van der Waals surface area (Å²) in [4.78, 5) is 38.1. The highest BCUT2D eigenvalue weighted by Crippen LogP contribution is 2.25. The van der Waals surface area contributed by atoms with Crippen LogP contribution in [0.25, 0.3) is 5.69 Å². The smallest absolute Gasteiger partial charge is 0.321 e. The molecule has 1 aromatic heterocycles. The Labute approximate surface area is 196 Å². The zero-order chi connectivity index (χ0) is 23.2. The number of aromatic nitrogens is 3. The Balaban J connectivity index is 1.55. The SMILES string of the molecule is CCOc1ccc(-n2c(CC3CC(=O)NC(=O)N3)nnc2SCC(=O)N2CCCCC2)cc1. The van der Waals surface area contributed by atoms with Crippen LogP contribution in [-0.2, 0) is 16.0 Å². The van der Waals surface area contributed by atoms with E-state index in [0.717, 1.165) is 37.4 Å². The van der Waals surface area contributed by atoms with Crippen molar-refractivity contribution in [2.45, 2.75) is 50.2 Å². The lowest BCUT2D eigenvalue weighted by atomic mass is 10.1. The summed E-state index contributed by atoms with van der Waals surface area (Å²) in [6, 6.07) is 6.65. The van der Waals surface area contributed by atoms with Crippen molar-refractivity contribution in [1.29, 1.82) is 0 Å². The van der Waals surface area contributed by atoms with Crippen LogP contribution in [0.4, 0.5) is 4.79 Å². The number of piperidine rings is 1. The Bertz CT molecular complexity index is 987. The van der Waals surface area contributed by atoms with Crippen molar-refractivity contribution < 1.29 is 19.1 Å². The van der Waals surface area contributed by atoms with Gasteiger partial charge in [-0.05, 0) is 50.5 Å². The van der Waals surface area contributed by atoms with Crippen molar-refractivity contribution >= 4 is 29.6 Å². The van der Waals surface area contributed by atoms with E-state index in [4.69, 9.17) is 4.74 Å². The van der Waals surface area contributed by atoms with Gasteiger partial charge in [0, 0.05) is 37.7 Å². The fourth-order valence-electron chi connectivity index (χ4n) is 4.02. The zero-order valence-corrected chi connectivity index (χ0v) is 19.4. The van der Waals surface area contributed by atoms with Gasteiger partial charge in [0.25, 0.3) is 0 Å². The van der Waals surface area contributed by atoms with Crippen molar-refractivity contribution in [1.82, 2.24) is 30.3 Å². The Morgan fingerprint density at radius 3 is 2.61 bits per heavy atom. The van der Waals surface area contributed by atoms with Crippen LogP contribution in [0.15, 0.2) is 29.4 Å². The predicted octanol–water partition coefficient (Wildman–Crippen LogP) is 1.91. The minimum Gasteiger partial charge on any atom is -0.494 e. The summed E-state index contributed by atoms with van der Waals surface area (Å²) in [5.74, 6) is 1.41. The van der Waals surface area contributed by atoms with Crippen LogP contribution in [0.5, 0.6) is 5.75 Å². The number of urea groups is 1. The highest BCUT2D eigenvalue weighted by molar-refractivity contribution is 7.99. The Kier molecular flexibility index (Phi) is 7.48. The maximum Gasteiger partial charge on any atom is 0.321 e. The standard InChI is InChI=1S/C22H28N6O4S/c1-2-32-17-8-6-16(7-9-17)28-18(12-15-13-19(29)24-21(31)23-15)25-26-22(28)33-14-20(30)27-10-4-3-5-11-27/h6-9,15H,2-5,10-14H2,1H3,(H2,23,24,29,31). The van der Waals surface area contributed by atoms with Gasteiger partial charge in [-0.25, -0.2) is 4.79 Å². The van der Waals surface area contributed by atoms with Crippen LogP contribution >= 0.6 is 11.8 Å². The van der Waals surface area contributed by atoms with Gasteiger partial charge in [-0.1, -0.05) is 11.8 Å². The van der Waals surface area contributed by atoms with Crippen LogP contribution in [0.1, 0.15) is 38.4 Å². The van der Waals surface area contributed by atoms with Crippen molar-refractivity contribution in [3.63, 3.8) is 0 Å². The maximum absolute atomic E-state index is 12.7. The largest absolute Gasteiger partial charge is 0.494 e. The summed E-state index contributed by atoms with van der Waals surface area (Å²) < 4.78 is 7.42. The molecule has 2 aromatic rings. The molecule has 0 spiro atoms. The molecule has 0 aliphatic carbocycles. The first-order valence-electron chi connectivity index (χ1n) is 11.2. The maximum atomic E-state index is 12.7. The van der Waals surface area contributed by atoms with Gasteiger partial charge >= 0.3 is 6.03 Å². The molecule has 2 fully saturated rings. The third-order valence-corrected chi connectivity index (χ3v) is 6.50. The minimum atomic E-state index is -0.509. The average Bonchev–Trinajstić information content (AvgIpc) is 3.20. The van der Waals surface area contributed by atoms with E-state index in [9.17, 15) is 14.4 Å². The molecule has 2 aliphatic rings. The third-order valence-electron chi connectivity index (χ3n) is 5.59. The summed E-state index contributed by atoms with van der Waals surface area (Å²) in [6.45, 7) is 4.11. The molecule has 2 saturated heterocycles. The van der Waals surface area contributed by atoms with Crippen LogP contribution in [-0.4, -0.2) is 69.0 Å². The van der Waals surface area contributed by atoms with Crippen LogP contribution in [0.3, 0.4) is 0 Å². The average molecular weight is 473 g/mol. The summed E-state index contributed by atoms with van der Waals surface area (Å²) in [6.07, 6.45) is 3.76. The number of rotatable bonds is 8. The van der Waals surface area contributed by atoms with Gasteiger partial charge < -0.3 is 15.0 Å². The van der Waals surface area contributed by atoms with Gasteiger partial charge in [-0.3, -0.25) is 19.5 Å². The van der Waals surface area contributed by atoms with Gasteiger partial charge in [0.1, 0.15) is 11.6 Å². The molecule has 4 amide bonds. The van der Waals surface area contributed by atoms with E-state index in [0.29, 0.717) is 24.0 Å². The lowest BCUT2D eigenvalue weighted by molar-refractivity contribution is -0.129. The molecule has 1 unspecified atom stereocenters. The summed E-state index contributed by atoms with van der Waals surface area (Å²) in [5, 5.41) is 14.3. The number of ether oxygens (including phenoxy) is 1. The van der Waals surface area contributed by atoms with Crippen LogP contribution in [0, 0.1) is 0 Å². The molecule has 10 nitrogen and oxygen atoms in total. The van der Waals surface area contributed by atoms with E-state index in [1.54, 1.807) is 0 Å². The van der Waals surface area contributed by atoms with Crippen molar-refractivity contribution in [2.24, 2.45) is 0 Å². The topological polar surface area (TPSA) is 118 Å². The number of nitrogens with zero attached hydrogens (tertiary/aromatic N) is 4. The number of benzene rings is 1. The van der Waals surface area contributed by atoms with E-state index in [-0.39, 0.29) is 30.0 Å². The third kappa shape index (κ3) is 5.84. The Morgan fingerprint density at radius 1 is 1.15 bits per heavy atom. The first kappa shape index (κ1) is 23.1. The first-order chi connectivity index (χ1) is 16.0. The number of carbonyl (C=O) groups excluding carboxylic acids is 3. The molecule has 176 valence electrons. The fourth-order valence-corrected chi connectivity index (χ4v) is 4.90. The van der Waals surface area contributed by atoms with E-state index in [1.807, 2.05) is 40.7 Å². The normalized spacial score (nSPS) is 18.6. The van der Waals surface area contributed by atoms with Crippen molar-refractivity contribution in [3.8, 4) is 11.4 Å². The summed E-state index contributed by atoms with van der Waals surface area (Å²) in [7, 11) is 0. The van der Waals surface area contributed by atoms with Crippen LogP contribution in [0.2, 0.25) is 0 Å². The Morgan fingerprint density at radius 2 is 1.91 bits per heavy atom. The molecule has 2 N–H and O–H groups in total. The molecule has 0 radical (unpaired) electrons. The molecular weight excluding hydrogens is 444 g/mol. The highest BCUT2D eigenvalue weighted by atomic mass is 32.2. The number of hydrogen-bond acceptors (Lipinski definition) is 7. The number of likely N-dealkylation sites (tertiary alicyclic amines) is 1. The van der Waals surface area contributed by atoms with Crippen LogP contribution < -0.4 is 15.4 Å². The minimum absolute atomic E-state index is 0.0960. The number of hydrogen-bond donors (Lipinski definition) is 2. The second kappa shape index (κ2) is 10.7. The monoisotopic (exact) mass is 472 g/mol. The molecule has 2 aliphatic heterocycles. The van der Waals surface area contributed by atoms with E-state index in [2.05, 4.69) is 20.8 Å². The van der Waals surface area contributed by atoms with Gasteiger partial charge in [-0.15, -0.1) is 10.2 Å². The molecular formula is C22H28N6O4S. The predicted molar refractivity (Wildman–Crippen MR) is 122 cm³/mol. The highest BCUT2D eigenvalue weighted by Gasteiger charge is 2.27. The van der Waals surface area contributed by atoms with Gasteiger partial charge in [0.15, 0.2) is 5.16 Å². The Hall–Kier alpha value is -3.08. The van der Waals surface area contributed by atoms with Crippen molar-refractivity contribution in [3.05, 3.63) is 30.1 Å².